The van der Waals surface area contributed by atoms with Crippen LogP contribution >= 0.6 is 13.2 Å². The number of imidazole rings is 2. The van der Waals surface area contributed by atoms with Crippen LogP contribution in [0.4, 0.5) is 14.6 Å². The molecule has 0 saturated carbocycles. The maximum absolute atomic E-state index is 16.3. The van der Waals surface area contributed by atoms with E-state index in [1.54, 1.807) is 0 Å². The van der Waals surface area contributed by atoms with Crippen molar-refractivity contribution in [3.05, 3.63) is 43.2 Å². The van der Waals surface area contributed by atoms with Gasteiger partial charge >= 0.3 is 6.72 Å². The smallest absolute Gasteiger partial charge is 0.325 e. The van der Waals surface area contributed by atoms with E-state index in [1.165, 1.54) is 34.4 Å². The topological polar surface area (TPSA) is 186 Å². The molecule has 9 heterocycles. The van der Waals surface area contributed by atoms with Gasteiger partial charge in [-0.25, -0.2) is 38.7 Å². The summed E-state index contributed by atoms with van der Waals surface area (Å²) in [5.74, 6) is 0.427. The van der Waals surface area contributed by atoms with Crippen LogP contribution in [0.25, 0.3) is 22.3 Å². The summed E-state index contributed by atoms with van der Waals surface area (Å²) in [6.45, 7) is -8.00. The summed E-state index contributed by atoms with van der Waals surface area (Å²) in [5.41, 5.74) is 2.10. The zero-order valence-electron chi connectivity index (χ0n) is 24.8. The molecule has 48 heavy (non-hydrogen) atoms. The number of hydrogen-bond donors (Lipinski definition) is 3. The van der Waals surface area contributed by atoms with Gasteiger partial charge in [0.1, 0.15) is 36.5 Å². The summed E-state index contributed by atoms with van der Waals surface area (Å²) in [5, 5.41) is 3.20. The predicted octanol–water partition coefficient (Wildman–Crippen LogP) is 2.76. The van der Waals surface area contributed by atoms with Crippen LogP contribution in [0.15, 0.2) is 37.5 Å². The molecule has 3 N–H and O–H groups in total. The van der Waals surface area contributed by atoms with E-state index in [-0.39, 0.29) is 18.2 Å². The minimum Gasteiger partial charge on any atom is -0.365 e. The van der Waals surface area contributed by atoms with E-state index in [0.29, 0.717) is 47.6 Å². The predicted molar refractivity (Wildman–Crippen MR) is 172 cm³/mol. The van der Waals surface area contributed by atoms with Crippen molar-refractivity contribution in [2.24, 2.45) is 0 Å². The Morgan fingerprint density at radius 1 is 0.833 bits per heavy atom. The van der Waals surface area contributed by atoms with Crippen LogP contribution in [0.2, 0.25) is 0 Å². The average Bonchev–Trinajstić information content (AvgIpc) is 3.81. The molecule has 14 bridgehead atoms. The molecular formula is C26H29F2N9O7P2S2. The molecule has 5 aliphatic rings. The van der Waals surface area contributed by atoms with E-state index in [1.807, 2.05) is 12.2 Å². The molecule has 4 aromatic heterocycles. The first-order valence-corrected chi connectivity index (χ1v) is 20.5. The average molecular weight is 744 g/mol. The van der Waals surface area contributed by atoms with Crippen LogP contribution in [-0.2, 0) is 53.1 Å². The van der Waals surface area contributed by atoms with Crippen LogP contribution in [0.3, 0.4) is 0 Å². The minimum absolute atomic E-state index is 0.0735. The number of anilines is 1. The van der Waals surface area contributed by atoms with Gasteiger partial charge in [-0.05, 0) is 42.9 Å². The standard InChI is InChI=1S/C26H29F2N9O7P2S2/c27-16-20-14-5-7-45(38,47)43-21-15(8-40-46(39,48)44-20)42-26(17(21)28)36-11-34-18-13(30-9-32-23(18)36)4-2-1-3-6-29-22-19-24(33-10-31-22)37(12-35-19)25(16)41-14/h1,3,9-12,14-17,20-21,25-26H,2,4-8H2,(H,38,47)(H,39,48)(H,29,31,33)/b3-1+/t14-,15-,16-,17-,20-,21-,25-,26-,45?,46?/m1/s1. The highest BCUT2D eigenvalue weighted by molar-refractivity contribution is 8.09. The first kappa shape index (κ1) is 32.7. The second kappa shape index (κ2) is 12.7. The van der Waals surface area contributed by atoms with Crippen molar-refractivity contribution in [2.75, 3.05) is 24.6 Å². The second-order valence-electron chi connectivity index (χ2n) is 11.7. The molecule has 0 amide bonds. The number of alkyl halides is 2. The van der Waals surface area contributed by atoms with E-state index >= 15 is 8.78 Å². The molecule has 9 rings (SSSR count). The monoisotopic (exact) mass is 743 g/mol. The number of halogens is 2. The van der Waals surface area contributed by atoms with Gasteiger partial charge in [0.2, 0.25) is 0 Å². The highest BCUT2D eigenvalue weighted by Gasteiger charge is 2.53. The highest BCUT2D eigenvalue weighted by Crippen LogP contribution is 2.55. The third-order valence-corrected chi connectivity index (χ3v) is 12.4. The number of ether oxygens (including phenoxy) is 2. The fourth-order valence-corrected chi connectivity index (χ4v) is 9.72. The second-order valence-corrected chi connectivity index (χ2v) is 18.1. The Hall–Kier alpha value is -2.48. The summed E-state index contributed by atoms with van der Waals surface area (Å²) in [4.78, 5) is 48.6. The van der Waals surface area contributed by atoms with E-state index in [9.17, 15) is 9.79 Å². The lowest BCUT2D eigenvalue weighted by Crippen LogP contribution is -2.36. The lowest BCUT2D eigenvalue weighted by Gasteiger charge is -2.30. The van der Waals surface area contributed by atoms with E-state index in [0.717, 1.165) is 0 Å². The minimum atomic E-state index is -4.17. The van der Waals surface area contributed by atoms with Crippen LogP contribution < -0.4 is 5.32 Å². The molecule has 0 aromatic carbocycles. The SMILES string of the molecule is OP1(=S)CC[C@H]2O[C@@H]3[C@H](F)[C@@H]2OP(O)(=S)OC[C@H]2O[C@H]([C@H](F)[C@@H]2O1)n1cnc2c(ncnc21)CC/C=C/CNc1ncnc2c1ncn23. The lowest BCUT2D eigenvalue weighted by molar-refractivity contribution is -0.0461. The summed E-state index contributed by atoms with van der Waals surface area (Å²) < 4.78 is 64.8. The number of rotatable bonds is 0. The number of allylic oxidation sites excluding steroid dienone is 1. The molecule has 3 saturated heterocycles. The normalized spacial score (nSPS) is 38.2. The van der Waals surface area contributed by atoms with Gasteiger partial charge in [-0.3, -0.25) is 13.7 Å². The van der Waals surface area contributed by atoms with Gasteiger partial charge in [-0.1, -0.05) is 12.2 Å². The van der Waals surface area contributed by atoms with Crippen molar-refractivity contribution in [2.45, 2.75) is 68.5 Å². The fourth-order valence-electron chi connectivity index (χ4n) is 6.35. The largest absolute Gasteiger partial charge is 0.365 e. The third-order valence-electron chi connectivity index (χ3n) is 8.62. The Balaban J connectivity index is 1.21. The molecule has 0 aliphatic carbocycles. The lowest BCUT2D eigenvalue weighted by atomic mass is 10.1. The molecule has 4 aromatic rings. The number of aromatic nitrogens is 8. The van der Waals surface area contributed by atoms with Crippen molar-refractivity contribution in [3.63, 3.8) is 0 Å². The quantitative estimate of drug-likeness (QED) is 0.176. The molecule has 3 fully saturated rings. The molecule has 0 spiro atoms. The third kappa shape index (κ3) is 6.00. The van der Waals surface area contributed by atoms with Crippen molar-refractivity contribution in [1.82, 2.24) is 39.0 Å². The maximum Gasteiger partial charge on any atom is 0.325 e. The molecule has 22 heteroatoms. The van der Waals surface area contributed by atoms with Crippen molar-refractivity contribution >= 4 is 65.0 Å². The van der Waals surface area contributed by atoms with Gasteiger partial charge in [0.05, 0.1) is 31.1 Å². The van der Waals surface area contributed by atoms with Crippen LogP contribution in [0, 0.1) is 0 Å². The fraction of sp³-hybridized carbons (Fsp3) is 0.538. The Morgan fingerprint density at radius 3 is 2.27 bits per heavy atom. The summed E-state index contributed by atoms with van der Waals surface area (Å²) in [7, 11) is 0. The van der Waals surface area contributed by atoms with Crippen LogP contribution in [0.5, 0.6) is 0 Å². The summed E-state index contributed by atoms with van der Waals surface area (Å²) >= 11 is 10.7. The maximum atomic E-state index is 16.3. The van der Waals surface area contributed by atoms with Crippen molar-refractivity contribution in [3.8, 4) is 0 Å². The van der Waals surface area contributed by atoms with Crippen LogP contribution in [0.1, 0.15) is 31.0 Å². The molecule has 10 atom stereocenters. The van der Waals surface area contributed by atoms with Gasteiger partial charge in [-0.15, -0.1) is 0 Å². The van der Waals surface area contributed by atoms with E-state index in [4.69, 9.17) is 46.7 Å². The van der Waals surface area contributed by atoms with Gasteiger partial charge in [0.25, 0.3) is 0 Å². The number of fused-ring (bicyclic) bond motifs is 10. The van der Waals surface area contributed by atoms with E-state index < -0.39 is 69.0 Å². The zero-order chi connectivity index (χ0) is 33.2. The first-order chi connectivity index (χ1) is 23.1. The Kier molecular flexibility index (Phi) is 8.65. The molecule has 2 unspecified atom stereocenters. The van der Waals surface area contributed by atoms with Crippen LogP contribution in [-0.4, -0.2) is 105 Å². The number of nitrogens with one attached hydrogen (secondary N) is 1. The molecular weight excluding hydrogens is 714 g/mol. The van der Waals surface area contributed by atoms with Crippen molar-refractivity contribution < 1.29 is 41.6 Å². The Morgan fingerprint density at radius 2 is 1.50 bits per heavy atom. The molecule has 256 valence electrons. The summed E-state index contributed by atoms with van der Waals surface area (Å²) in [6.07, 6.45) is -1.27. The number of aryl methyl sites for hydroxylation is 1. The van der Waals surface area contributed by atoms with Gasteiger partial charge in [-0.2, -0.15) is 0 Å². The molecule has 16 nitrogen and oxygen atoms in total. The highest BCUT2D eigenvalue weighted by atomic mass is 32.5. The first-order valence-electron chi connectivity index (χ1n) is 15.1. The Bertz CT molecular complexity index is 1850. The molecule has 5 aliphatic heterocycles. The Labute approximate surface area is 281 Å². The molecule has 0 radical (unpaired) electrons. The number of nitrogens with zero attached hydrogens (tertiary/aromatic N) is 8. The summed E-state index contributed by atoms with van der Waals surface area (Å²) in [6, 6.07) is 0. The van der Waals surface area contributed by atoms with Gasteiger partial charge in [0, 0.05) is 12.7 Å². The van der Waals surface area contributed by atoms with Gasteiger partial charge in [0.15, 0.2) is 53.9 Å². The van der Waals surface area contributed by atoms with Gasteiger partial charge < -0.3 is 33.6 Å². The number of hydrogen-bond acceptors (Lipinski definition) is 14. The zero-order valence-corrected chi connectivity index (χ0v) is 28.2. The van der Waals surface area contributed by atoms with E-state index in [2.05, 4.69) is 35.2 Å². The van der Waals surface area contributed by atoms with Crippen molar-refractivity contribution in [1.29, 1.82) is 0 Å².